The standard InChI is InChI=1S/C14H23N3O3S/c1-9(2)11(4)16-14(18)17-13-8-12(7-6-10(13)3)21(19,20)15-5/h6-9,11,15H,1-5H3,(H2,16,17,18)/t11-/m0/s1. The van der Waals surface area contributed by atoms with E-state index < -0.39 is 10.0 Å². The number of carbonyl (C=O) groups excluding carboxylic acids is 1. The van der Waals surface area contributed by atoms with Crippen molar-refractivity contribution in [2.45, 2.75) is 38.6 Å². The van der Waals surface area contributed by atoms with Gasteiger partial charge in [0.2, 0.25) is 10.0 Å². The molecule has 7 heteroatoms. The Morgan fingerprint density at radius 1 is 1.19 bits per heavy atom. The van der Waals surface area contributed by atoms with E-state index in [0.29, 0.717) is 11.6 Å². The SMILES string of the molecule is CNS(=O)(=O)c1ccc(C)c(NC(=O)N[C@@H](C)C(C)C)c1. The Bertz CT molecular complexity index is 612. The van der Waals surface area contributed by atoms with Crippen molar-refractivity contribution >= 4 is 21.7 Å². The fourth-order valence-electron chi connectivity index (χ4n) is 1.55. The van der Waals surface area contributed by atoms with Gasteiger partial charge in [-0.3, -0.25) is 0 Å². The molecular formula is C14H23N3O3S. The Balaban J connectivity index is 2.93. The smallest absolute Gasteiger partial charge is 0.319 e. The molecule has 118 valence electrons. The first-order chi connectivity index (χ1) is 9.67. The second-order valence-corrected chi connectivity index (χ2v) is 7.20. The zero-order valence-corrected chi connectivity index (χ0v) is 13.8. The highest BCUT2D eigenvalue weighted by molar-refractivity contribution is 7.89. The van der Waals surface area contributed by atoms with Gasteiger partial charge >= 0.3 is 6.03 Å². The van der Waals surface area contributed by atoms with Crippen LogP contribution in [0.25, 0.3) is 0 Å². The van der Waals surface area contributed by atoms with Crippen molar-refractivity contribution in [1.82, 2.24) is 10.0 Å². The summed E-state index contributed by atoms with van der Waals surface area (Å²) in [6, 6.07) is 4.28. The highest BCUT2D eigenvalue weighted by Crippen LogP contribution is 2.20. The van der Waals surface area contributed by atoms with Crippen LogP contribution in [-0.2, 0) is 10.0 Å². The molecule has 2 amide bonds. The lowest BCUT2D eigenvalue weighted by Gasteiger charge is -2.18. The van der Waals surface area contributed by atoms with E-state index in [4.69, 9.17) is 0 Å². The molecule has 0 heterocycles. The molecule has 1 atom stereocenters. The van der Waals surface area contributed by atoms with Crippen LogP contribution in [0.4, 0.5) is 10.5 Å². The Kier molecular flexibility index (Phi) is 5.74. The molecule has 0 unspecified atom stereocenters. The van der Waals surface area contributed by atoms with Gasteiger partial charge in [0.15, 0.2) is 0 Å². The Morgan fingerprint density at radius 3 is 2.33 bits per heavy atom. The van der Waals surface area contributed by atoms with E-state index in [9.17, 15) is 13.2 Å². The largest absolute Gasteiger partial charge is 0.335 e. The number of urea groups is 1. The van der Waals surface area contributed by atoms with Crippen molar-refractivity contribution < 1.29 is 13.2 Å². The summed E-state index contributed by atoms with van der Waals surface area (Å²) in [5.41, 5.74) is 1.26. The molecule has 0 bridgehead atoms. The molecule has 0 spiro atoms. The second-order valence-electron chi connectivity index (χ2n) is 5.32. The number of aryl methyl sites for hydroxylation is 1. The summed E-state index contributed by atoms with van der Waals surface area (Å²) in [5, 5.41) is 5.50. The van der Waals surface area contributed by atoms with Crippen LogP contribution in [0.3, 0.4) is 0 Å². The third kappa shape index (κ3) is 4.71. The molecule has 0 fully saturated rings. The van der Waals surface area contributed by atoms with E-state index >= 15 is 0 Å². The molecule has 1 aromatic rings. The molecule has 0 saturated heterocycles. The Hall–Kier alpha value is -1.60. The van der Waals surface area contributed by atoms with Gasteiger partial charge in [-0.25, -0.2) is 17.9 Å². The Morgan fingerprint density at radius 2 is 1.81 bits per heavy atom. The van der Waals surface area contributed by atoms with Crippen LogP contribution in [0.2, 0.25) is 0 Å². The van der Waals surface area contributed by atoms with Gasteiger partial charge < -0.3 is 10.6 Å². The maximum Gasteiger partial charge on any atom is 0.319 e. The first-order valence-corrected chi connectivity index (χ1v) is 8.27. The number of amides is 2. The number of anilines is 1. The van der Waals surface area contributed by atoms with Gasteiger partial charge in [-0.1, -0.05) is 19.9 Å². The average molecular weight is 313 g/mol. The third-order valence-electron chi connectivity index (χ3n) is 3.40. The fourth-order valence-corrected chi connectivity index (χ4v) is 2.31. The predicted molar refractivity (Wildman–Crippen MR) is 83.9 cm³/mol. The minimum absolute atomic E-state index is 0.0227. The van der Waals surface area contributed by atoms with Crippen LogP contribution in [0.5, 0.6) is 0 Å². The van der Waals surface area contributed by atoms with Gasteiger partial charge in [-0.15, -0.1) is 0 Å². The maximum atomic E-state index is 11.9. The van der Waals surface area contributed by atoms with Crippen molar-refractivity contribution in [3.63, 3.8) is 0 Å². The number of sulfonamides is 1. The predicted octanol–water partition coefficient (Wildman–Crippen LogP) is 2.07. The second kappa shape index (κ2) is 6.91. The third-order valence-corrected chi connectivity index (χ3v) is 4.81. The number of benzene rings is 1. The number of nitrogens with one attached hydrogen (secondary N) is 3. The van der Waals surface area contributed by atoms with E-state index in [1.165, 1.54) is 19.2 Å². The summed E-state index contributed by atoms with van der Waals surface area (Å²) in [6.45, 7) is 7.74. The highest BCUT2D eigenvalue weighted by atomic mass is 32.2. The summed E-state index contributed by atoms with van der Waals surface area (Å²) < 4.78 is 25.8. The van der Waals surface area contributed by atoms with Crippen LogP contribution >= 0.6 is 0 Å². The summed E-state index contributed by atoms with van der Waals surface area (Å²) in [7, 11) is -2.18. The van der Waals surface area contributed by atoms with E-state index in [0.717, 1.165) is 5.56 Å². The molecule has 1 rings (SSSR count). The van der Waals surface area contributed by atoms with E-state index in [-0.39, 0.29) is 17.0 Å². The molecule has 0 radical (unpaired) electrons. The van der Waals surface area contributed by atoms with Crippen molar-refractivity contribution in [2.24, 2.45) is 5.92 Å². The summed E-state index contributed by atoms with van der Waals surface area (Å²) in [6.07, 6.45) is 0. The number of hydrogen-bond acceptors (Lipinski definition) is 3. The lowest BCUT2D eigenvalue weighted by molar-refractivity contribution is 0.246. The van der Waals surface area contributed by atoms with Crippen LogP contribution in [-0.4, -0.2) is 27.5 Å². The topological polar surface area (TPSA) is 87.3 Å². The molecule has 6 nitrogen and oxygen atoms in total. The van der Waals surface area contributed by atoms with Gasteiger partial charge in [-0.2, -0.15) is 0 Å². The Labute approximate surface area is 126 Å². The first-order valence-electron chi connectivity index (χ1n) is 6.79. The molecule has 0 aliphatic carbocycles. The average Bonchev–Trinajstić information content (AvgIpc) is 2.40. The monoisotopic (exact) mass is 313 g/mol. The molecule has 0 saturated carbocycles. The van der Waals surface area contributed by atoms with Crippen LogP contribution in [0.1, 0.15) is 26.3 Å². The molecular weight excluding hydrogens is 290 g/mol. The molecule has 0 aliphatic rings. The van der Waals surface area contributed by atoms with Gasteiger partial charge in [0.25, 0.3) is 0 Å². The van der Waals surface area contributed by atoms with E-state index in [2.05, 4.69) is 15.4 Å². The van der Waals surface area contributed by atoms with E-state index in [1.807, 2.05) is 20.8 Å². The lowest BCUT2D eigenvalue weighted by atomic mass is 10.1. The van der Waals surface area contributed by atoms with Crippen LogP contribution in [0, 0.1) is 12.8 Å². The van der Waals surface area contributed by atoms with Crippen LogP contribution in [0.15, 0.2) is 23.1 Å². The maximum absolute atomic E-state index is 11.9. The number of hydrogen-bond donors (Lipinski definition) is 3. The molecule has 1 aromatic carbocycles. The van der Waals surface area contributed by atoms with E-state index in [1.54, 1.807) is 13.0 Å². The lowest BCUT2D eigenvalue weighted by Crippen LogP contribution is -2.39. The zero-order valence-electron chi connectivity index (χ0n) is 13.0. The quantitative estimate of drug-likeness (QED) is 0.777. The molecule has 21 heavy (non-hydrogen) atoms. The highest BCUT2D eigenvalue weighted by Gasteiger charge is 2.15. The normalized spacial score (nSPS) is 13.0. The van der Waals surface area contributed by atoms with Gasteiger partial charge in [0.1, 0.15) is 0 Å². The van der Waals surface area contributed by atoms with Crippen molar-refractivity contribution in [1.29, 1.82) is 0 Å². The van der Waals surface area contributed by atoms with Gasteiger partial charge in [0.05, 0.1) is 4.90 Å². The molecule has 0 aliphatic heterocycles. The summed E-state index contributed by atoms with van der Waals surface area (Å²) >= 11 is 0. The number of carbonyl (C=O) groups is 1. The fraction of sp³-hybridized carbons (Fsp3) is 0.500. The van der Waals surface area contributed by atoms with Crippen molar-refractivity contribution in [3.8, 4) is 0 Å². The number of rotatable bonds is 5. The van der Waals surface area contributed by atoms with Crippen molar-refractivity contribution in [3.05, 3.63) is 23.8 Å². The van der Waals surface area contributed by atoms with Crippen molar-refractivity contribution in [2.75, 3.05) is 12.4 Å². The van der Waals surface area contributed by atoms with Crippen LogP contribution < -0.4 is 15.4 Å². The van der Waals surface area contributed by atoms with Gasteiger partial charge in [0, 0.05) is 11.7 Å². The molecule has 3 N–H and O–H groups in total. The minimum Gasteiger partial charge on any atom is -0.335 e. The summed E-state index contributed by atoms with van der Waals surface area (Å²) in [4.78, 5) is 12.0. The first kappa shape index (κ1) is 17.5. The molecule has 0 aromatic heterocycles. The summed E-state index contributed by atoms with van der Waals surface area (Å²) in [5.74, 6) is 0.313. The van der Waals surface area contributed by atoms with Gasteiger partial charge in [-0.05, 0) is 44.5 Å². The zero-order chi connectivity index (χ0) is 16.2. The minimum atomic E-state index is -3.53.